The molecule has 1 heterocycles. The first kappa shape index (κ1) is 15.7. The van der Waals surface area contributed by atoms with Crippen LogP contribution in [0.3, 0.4) is 0 Å². The van der Waals surface area contributed by atoms with Gasteiger partial charge in [-0.25, -0.2) is 0 Å². The molecule has 1 rings (SSSR count). The number of nitrogens with zero attached hydrogens (tertiary/aromatic N) is 2. The molecule has 0 atom stereocenters. The van der Waals surface area contributed by atoms with Crippen molar-refractivity contribution >= 4 is 17.4 Å². The molecule has 6 heteroatoms. The van der Waals surface area contributed by atoms with E-state index in [4.69, 9.17) is 0 Å². The fraction of sp³-hybridized carbons (Fsp3) is 1.00. The van der Waals surface area contributed by atoms with Gasteiger partial charge < -0.3 is 17.4 Å². The molecule has 0 saturated carbocycles. The smallest absolute Gasteiger partial charge is 0.405 e. The molecular formula is C12H30N4Si2. The molecule has 1 aromatic rings. The van der Waals surface area contributed by atoms with E-state index in [1.807, 2.05) is 0 Å². The molecule has 0 radical (unpaired) electrons. The van der Waals surface area contributed by atoms with E-state index in [2.05, 4.69) is 72.8 Å². The Morgan fingerprint density at radius 2 is 1.22 bits per heavy atom. The summed E-state index contributed by atoms with van der Waals surface area (Å²) in [6.45, 7) is 18.3. The summed E-state index contributed by atoms with van der Waals surface area (Å²) in [5.74, 6) is 0. The maximum absolute atomic E-state index is 3.85. The monoisotopic (exact) mass is 286 g/mol. The van der Waals surface area contributed by atoms with Gasteiger partial charge in [-0.05, 0) is 55.4 Å². The lowest BCUT2D eigenvalue weighted by molar-refractivity contribution is 0.465. The standard InChI is InChI=1S/C12H30N4Si2/c1-9(2)15(10(3)4)17-13-18(14-17)16(11(5)6)12(7)8/h9-14H,1-8H3. The van der Waals surface area contributed by atoms with E-state index < -0.39 is 17.4 Å². The molecule has 0 bridgehead atoms. The predicted molar refractivity (Wildman–Crippen MR) is 83.3 cm³/mol. The van der Waals surface area contributed by atoms with Gasteiger partial charge in [0.1, 0.15) is 0 Å². The van der Waals surface area contributed by atoms with Crippen LogP contribution < -0.4 is 8.78 Å². The molecule has 0 amide bonds. The molecule has 1 aromatic heterocycles. The molecule has 0 unspecified atom stereocenters. The van der Waals surface area contributed by atoms with E-state index in [-0.39, 0.29) is 0 Å². The highest BCUT2D eigenvalue weighted by Gasteiger charge is 2.21. The quantitative estimate of drug-likeness (QED) is 0.797. The third kappa shape index (κ3) is 3.35. The number of H-pyrrole nitrogens is 2. The van der Waals surface area contributed by atoms with Crippen molar-refractivity contribution in [1.29, 1.82) is 0 Å². The number of aromatic amines is 2. The van der Waals surface area contributed by atoms with Crippen molar-refractivity contribution in [2.75, 3.05) is 4.57 Å². The fourth-order valence-electron chi connectivity index (χ4n) is 2.71. The van der Waals surface area contributed by atoms with Gasteiger partial charge in [0.2, 0.25) is 0 Å². The van der Waals surface area contributed by atoms with Gasteiger partial charge in [0.25, 0.3) is 0 Å². The number of rotatable bonds is 5. The number of hydrogen-bond donors (Lipinski definition) is 2. The van der Waals surface area contributed by atoms with Gasteiger partial charge in [0.15, 0.2) is 0 Å². The van der Waals surface area contributed by atoms with Crippen LogP contribution in [0.2, 0.25) is 0 Å². The van der Waals surface area contributed by atoms with Crippen LogP contribution in [0.15, 0.2) is 0 Å². The van der Waals surface area contributed by atoms with Gasteiger partial charge in [-0.15, -0.1) is 0 Å². The lowest BCUT2D eigenvalue weighted by Gasteiger charge is -2.34. The second-order valence-electron chi connectivity index (χ2n) is 6.14. The summed E-state index contributed by atoms with van der Waals surface area (Å²) in [5.41, 5.74) is 0. The Kier molecular flexibility index (Phi) is 5.39. The van der Waals surface area contributed by atoms with Crippen molar-refractivity contribution < 1.29 is 0 Å². The van der Waals surface area contributed by atoms with E-state index in [0.29, 0.717) is 24.2 Å². The summed E-state index contributed by atoms with van der Waals surface area (Å²) < 4.78 is 12.9. The SMILES string of the molecule is CC(C)N(C(C)C)[si-]1[nH][si](=[N+](C(C)C)C(C)C)[nH]1. The van der Waals surface area contributed by atoms with Crippen LogP contribution in [0, 0.1) is 0 Å². The van der Waals surface area contributed by atoms with Gasteiger partial charge in [0.05, 0.1) is 0 Å². The summed E-state index contributed by atoms with van der Waals surface area (Å²) >= 11 is 0. The van der Waals surface area contributed by atoms with Crippen LogP contribution in [-0.2, 0) is 0 Å². The Hall–Kier alpha value is -0.366. The zero-order chi connectivity index (χ0) is 14.0. The van der Waals surface area contributed by atoms with Crippen LogP contribution in [0.5, 0.6) is 0 Å². The molecule has 0 fully saturated rings. The Labute approximate surface area is 115 Å². The largest absolute Gasteiger partial charge is 0.460 e. The van der Waals surface area contributed by atoms with Crippen LogP contribution in [0.4, 0.5) is 0 Å². The maximum Gasteiger partial charge on any atom is 0.460 e. The van der Waals surface area contributed by atoms with Crippen LogP contribution in [0.1, 0.15) is 55.4 Å². The molecule has 106 valence electrons. The van der Waals surface area contributed by atoms with E-state index in [1.165, 1.54) is 0 Å². The maximum atomic E-state index is 3.85. The van der Waals surface area contributed by atoms with E-state index >= 15 is 0 Å². The van der Waals surface area contributed by atoms with Crippen LogP contribution in [-0.4, -0.2) is 50.2 Å². The van der Waals surface area contributed by atoms with Crippen LogP contribution in [0.25, 0.3) is 0 Å². The number of nitrogens with one attached hydrogen (secondary N) is 2. The van der Waals surface area contributed by atoms with Crippen molar-refractivity contribution in [2.45, 2.75) is 79.6 Å². The van der Waals surface area contributed by atoms with E-state index in [0.717, 1.165) is 0 Å². The van der Waals surface area contributed by atoms with Gasteiger partial charge in [0, 0.05) is 24.2 Å². The summed E-state index contributed by atoms with van der Waals surface area (Å²) in [6, 6.07) is 2.42. The van der Waals surface area contributed by atoms with Crippen LogP contribution >= 0.6 is 0 Å². The molecule has 0 saturated heterocycles. The highest BCUT2D eigenvalue weighted by atomic mass is 28.3. The minimum absolute atomic E-state index is 0.606. The van der Waals surface area contributed by atoms with Crippen molar-refractivity contribution in [3.8, 4) is 0 Å². The summed E-state index contributed by atoms with van der Waals surface area (Å²) in [5, 5.41) is 0. The van der Waals surface area contributed by atoms with E-state index in [9.17, 15) is 0 Å². The highest BCUT2D eigenvalue weighted by molar-refractivity contribution is 6.60. The average molecular weight is 287 g/mol. The van der Waals surface area contributed by atoms with Gasteiger partial charge in [-0.1, -0.05) is 0 Å². The number of aromatic nitrogens is 2. The zero-order valence-electron chi connectivity index (χ0n) is 13.2. The first-order valence-electron chi connectivity index (χ1n) is 7.10. The third-order valence-electron chi connectivity index (χ3n) is 3.22. The Morgan fingerprint density at radius 1 is 0.833 bits per heavy atom. The van der Waals surface area contributed by atoms with Crippen molar-refractivity contribution in [1.82, 2.24) is 12.8 Å². The molecule has 18 heavy (non-hydrogen) atoms. The molecule has 0 aliphatic rings. The van der Waals surface area contributed by atoms with Crippen molar-refractivity contribution in [3.63, 3.8) is 0 Å². The molecular weight excluding hydrogens is 256 g/mol. The summed E-state index contributed by atoms with van der Waals surface area (Å²) in [6.07, 6.45) is 0. The molecule has 2 N–H and O–H groups in total. The zero-order valence-corrected chi connectivity index (χ0v) is 15.2. The second-order valence-corrected chi connectivity index (χ2v) is 10.6. The van der Waals surface area contributed by atoms with Crippen molar-refractivity contribution in [2.24, 2.45) is 0 Å². The lowest BCUT2D eigenvalue weighted by Crippen LogP contribution is -2.54. The van der Waals surface area contributed by atoms with Crippen molar-refractivity contribution in [3.05, 3.63) is 0 Å². The first-order valence-corrected chi connectivity index (χ1v) is 9.99. The van der Waals surface area contributed by atoms with Gasteiger partial charge >= 0.3 is 17.4 Å². The summed E-state index contributed by atoms with van der Waals surface area (Å²) in [7, 11) is -1.42. The second kappa shape index (κ2) is 6.19. The fourth-order valence-corrected chi connectivity index (χ4v) is 8.63. The Bertz CT molecular complexity index is 390. The Morgan fingerprint density at radius 3 is 1.50 bits per heavy atom. The third-order valence-corrected chi connectivity index (χ3v) is 10.1. The molecule has 0 aromatic carbocycles. The van der Waals surface area contributed by atoms with Gasteiger partial charge in [-0.3, -0.25) is 0 Å². The minimum atomic E-state index is -0.708. The lowest BCUT2D eigenvalue weighted by atomic mass is 10.3. The number of hydrogen-bond acceptors (Lipinski definition) is 1. The molecule has 0 spiro atoms. The van der Waals surface area contributed by atoms with Gasteiger partial charge in [-0.2, -0.15) is 0 Å². The highest BCUT2D eigenvalue weighted by Crippen LogP contribution is 2.01. The minimum Gasteiger partial charge on any atom is -0.405 e. The molecule has 0 aliphatic heterocycles. The predicted octanol–water partition coefficient (Wildman–Crippen LogP) is 1.87. The summed E-state index contributed by atoms with van der Waals surface area (Å²) in [4.78, 5) is 0. The first-order chi connectivity index (χ1) is 8.25. The topological polar surface area (TPSA) is 37.8 Å². The Balaban J connectivity index is 3.07. The molecule has 4 nitrogen and oxygen atoms in total. The molecule has 0 aliphatic carbocycles. The normalized spacial score (nSPS) is 12.2. The van der Waals surface area contributed by atoms with E-state index in [1.54, 1.807) is 0 Å². The average Bonchev–Trinajstić information content (AvgIpc) is 2.11.